The predicted molar refractivity (Wildman–Crippen MR) is 81.6 cm³/mol. The van der Waals surface area contributed by atoms with E-state index in [-0.39, 0.29) is 5.56 Å². The molecule has 0 atom stereocenters. The van der Waals surface area contributed by atoms with E-state index in [1.165, 1.54) is 13.2 Å². The number of hydrogen-bond acceptors (Lipinski definition) is 5. The van der Waals surface area contributed by atoms with Gasteiger partial charge in [0.1, 0.15) is 0 Å². The third-order valence-electron chi connectivity index (χ3n) is 2.81. The molecular formula is C15H12ClN3O2. The standard InChI is InChI=1S/C15H12ClN3O2/c1-21-15(20)11-7-10(18)3-5-13(11)19-14-6-9(8-17)2-4-12(14)16/h2-7,19H,18H2,1H3. The summed E-state index contributed by atoms with van der Waals surface area (Å²) in [6.45, 7) is 0. The molecular weight excluding hydrogens is 290 g/mol. The second-order valence-electron chi connectivity index (χ2n) is 4.23. The van der Waals surface area contributed by atoms with E-state index in [2.05, 4.69) is 5.32 Å². The lowest BCUT2D eigenvalue weighted by molar-refractivity contribution is 0.0602. The fourth-order valence-electron chi connectivity index (χ4n) is 1.79. The molecule has 21 heavy (non-hydrogen) atoms. The molecule has 0 amide bonds. The molecule has 0 radical (unpaired) electrons. The Bertz CT molecular complexity index is 738. The van der Waals surface area contributed by atoms with E-state index in [0.29, 0.717) is 27.6 Å². The molecule has 0 spiro atoms. The number of benzene rings is 2. The van der Waals surface area contributed by atoms with Crippen molar-refractivity contribution in [3.63, 3.8) is 0 Å². The van der Waals surface area contributed by atoms with Gasteiger partial charge in [0, 0.05) is 5.69 Å². The Morgan fingerprint density at radius 2 is 2.05 bits per heavy atom. The molecule has 0 saturated carbocycles. The van der Waals surface area contributed by atoms with Crippen LogP contribution in [0.4, 0.5) is 17.1 Å². The molecule has 6 heteroatoms. The van der Waals surface area contributed by atoms with Crippen LogP contribution in [-0.2, 0) is 4.74 Å². The fourth-order valence-corrected chi connectivity index (χ4v) is 1.95. The molecule has 0 unspecified atom stereocenters. The second-order valence-corrected chi connectivity index (χ2v) is 4.64. The third kappa shape index (κ3) is 3.25. The minimum Gasteiger partial charge on any atom is -0.465 e. The summed E-state index contributed by atoms with van der Waals surface area (Å²) in [7, 11) is 1.29. The van der Waals surface area contributed by atoms with Gasteiger partial charge in [-0.2, -0.15) is 5.26 Å². The average molecular weight is 302 g/mol. The van der Waals surface area contributed by atoms with Crippen LogP contribution < -0.4 is 11.1 Å². The van der Waals surface area contributed by atoms with Gasteiger partial charge in [-0.05, 0) is 36.4 Å². The fraction of sp³-hybridized carbons (Fsp3) is 0.0667. The zero-order valence-corrected chi connectivity index (χ0v) is 11.9. The summed E-state index contributed by atoms with van der Waals surface area (Å²) < 4.78 is 4.72. The molecule has 106 valence electrons. The summed E-state index contributed by atoms with van der Waals surface area (Å²) in [5, 5.41) is 12.4. The molecule has 0 bridgehead atoms. The van der Waals surface area contributed by atoms with Crippen molar-refractivity contribution in [3.05, 3.63) is 52.5 Å². The van der Waals surface area contributed by atoms with Crippen LogP contribution in [0.5, 0.6) is 0 Å². The number of halogens is 1. The molecule has 0 fully saturated rings. The highest BCUT2D eigenvalue weighted by molar-refractivity contribution is 6.33. The van der Waals surface area contributed by atoms with Crippen molar-refractivity contribution in [2.45, 2.75) is 0 Å². The number of nitrogens with zero attached hydrogens (tertiary/aromatic N) is 1. The van der Waals surface area contributed by atoms with Gasteiger partial charge in [-0.3, -0.25) is 0 Å². The van der Waals surface area contributed by atoms with Crippen molar-refractivity contribution in [2.24, 2.45) is 0 Å². The van der Waals surface area contributed by atoms with Crippen molar-refractivity contribution in [1.29, 1.82) is 5.26 Å². The third-order valence-corrected chi connectivity index (χ3v) is 3.14. The van der Waals surface area contributed by atoms with Crippen molar-refractivity contribution in [3.8, 4) is 6.07 Å². The lowest BCUT2D eigenvalue weighted by atomic mass is 10.1. The van der Waals surface area contributed by atoms with Crippen molar-refractivity contribution >= 4 is 34.6 Å². The number of nitrogens with two attached hydrogens (primary N) is 1. The maximum Gasteiger partial charge on any atom is 0.340 e. The van der Waals surface area contributed by atoms with Crippen molar-refractivity contribution < 1.29 is 9.53 Å². The van der Waals surface area contributed by atoms with Crippen LogP contribution in [0.2, 0.25) is 5.02 Å². The number of esters is 1. The van der Waals surface area contributed by atoms with Crippen LogP contribution in [-0.4, -0.2) is 13.1 Å². The Hall–Kier alpha value is -2.71. The number of anilines is 3. The summed E-state index contributed by atoms with van der Waals surface area (Å²) in [6.07, 6.45) is 0. The summed E-state index contributed by atoms with van der Waals surface area (Å²) in [6, 6.07) is 11.7. The smallest absolute Gasteiger partial charge is 0.340 e. The Labute approximate surface area is 126 Å². The predicted octanol–water partition coefficient (Wildman–Crippen LogP) is 3.32. The average Bonchev–Trinajstić information content (AvgIpc) is 2.50. The van der Waals surface area contributed by atoms with E-state index >= 15 is 0 Å². The molecule has 0 aromatic heterocycles. The van der Waals surface area contributed by atoms with Crippen molar-refractivity contribution in [2.75, 3.05) is 18.2 Å². The van der Waals surface area contributed by atoms with Gasteiger partial charge in [-0.1, -0.05) is 11.6 Å². The molecule has 0 heterocycles. The molecule has 0 aliphatic rings. The first-order valence-electron chi connectivity index (χ1n) is 5.99. The Kier molecular flexibility index (Phi) is 4.31. The largest absolute Gasteiger partial charge is 0.465 e. The molecule has 5 nitrogen and oxygen atoms in total. The highest BCUT2D eigenvalue weighted by Crippen LogP contribution is 2.29. The van der Waals surface area contributed by atoms with E-state index in [4.69, 9.17) is 27.3 Å². The maximum absolute atomic E-state index is 11.8. The van der Waals surface area contributed by atoms with Crippen LogP contribution in [0.1, 0.15) is 15.9 Å². The van der Waals surface area contributed by atoms with E-state index in [1.54, 1.807) is 30.3 Å². The Balaban J connectivity index is 2.45. The number of methoxy groups -OCH3 is 1. The van der Waals surface area contributed by atoms with E-state index in [1.807, 2.05) is 6.07 Å². The highest BCUT2D eigenvalue weighted by atomic mass is 35.5. The number of carbonyl (C=O) groups excluding carboxylic acids is 1. The molecule has 0 aliphatic carbocycles. The highest BCUT2D eigenvalue weighted by Gasteiger charge is 2.13. The zero-order chi connectivity index (χ0) is 15.4. The number of ether oxygens (including phenoxy) is 1. The topological polar surface area (TPSA) is 88.1 Å². The number of nitrogens with one attached hydrogen (secondary N) is 1. The molecule has 3 N–H and O–H groups in total. The molecule has 2 aromatic carbocycles. The van der Waals surface area contributed by atoms with Gasteiger partial charge < -0.3 is 15.8 Å². The number of nitriles is 1. The van der Waals surface area contributed by atoms with Gasteiger partial charge in [-0.25, -0.2) is 4.79 Å². The van der Waals surface area contributed by atoms with Gasteiger partial charge in [0.05, 0.1) is 40.7 Å². The first kappa shape index (κ1) is 14.7. The summed E-state index contributed by atoms with van der Waals surface area (Å²) in [5.41, 5.74) is 7.88. The van der Waals surface area contributed by atoms with E-state index in [9.17, 15) is 4.79 Å². The van der Waals surface area contributed by atoms with Crippen LogP contribution >= 0.6 is 11.6 Å². The molecule has 2 rings (SSSR count). The summed E-state index contributed by atoms with van der Waals surface area (Å²) in [5.74, 6) is -0.516. The monoisotopic (exact) mass is 301 g/mol. The first-order valence-corrected chi connectivity index (χ1v) is 6.37. The van der Waals surface area contributed by atoms with Crippen LogP contribution in [0, 0.1) is 11.3 Å². The Morgan fingerprint density at radius 3 is 2.71 bits per heavy atom. The summed E-state index contributed by atoms with van der Waals surface area (Å²) in [4.78, 5) is 11.8. The zero-order valence-electron chi connectivity index (χ0n) is 11.2. The van der Waals surface area contributed by atoms with Gasteiger partial charge in [0.25, 0.3) is 0 Å². The van der Waals surface area contributed by atoms with Crippen molar-refractivity contribution in [1.82, 2.24) is 0 Å². The quantitative estimate of drug-likeness (QED) is 0.670. The molecule has 0 saturated heterocycles. The number of nitrogen functional groups attached to an aromatic ring is 1. The lowest BCUT2D eigenvalue weighted by Gasteiger charge is -2.13. The maximum atomic E-state index is 11.8. The Morgan fingerprint density at radius 1 is 1.29 bits per heavy atom. The van der Waals surface area contributed by atoms with E-state index in [0.717, 1.165) is 0 Å². The normalized spacial score (nSPS) is 9.76. The lowest BCUT2D eigenvalue weighted by Crippen LogP contribution is -2.06. The molecule has 2 aromatic rings. The van der Waals surface area contributed by atoms with Crippen LogP contribution in [0.25, 0.3) is 0 Å². The van der Waals surface area contributed by atoms with Gasteiger partial charge >= 0.3 is 5.97 Å². The first-order chi connectivity index (χ1) is 10.0. The number of carbonyl (C=O) groups is 1. The summed E-state index contributed by atoms with van der Waals surface area (Å²) >= 11 is 6.09. The number of hydrogen-bond donors (Lipinski definition) is 2. The second kappa shape index (κ2) is 6.16. The SMILES string of the molecule is COC(=O)c1cc(N)ccc1Nc1cc(C#N)ccc1Cl. The van der Waals surface area contributed by atoms with Gasteiger partial charge in [0.2, 0.25) is 0 Å². The number of rotatable bonds is 3. The minimum absolute atomic E-state index is 0.288. The minimum atomic E-state index is -0.516. The van der Waals surface area contributed by atoms with Gasteiger partial charge in [0.15, 0.2) is 0 Å². The van der Waals surface area contributed by atoms with Gasteiger partial charge in [-0.15, -0.1) is 0 Å². The van der Waals surface area contributed by atoms with Crippen LogP contribution in [0.15, 0.2) is 36.4 Å². The van der Waals surface area contributed by atoms with E-state index < -0.39 is 5.97 Å². The molecule has 0 aliphatic heterocycles. The van der Waals surface area contributed by atoms with Crippen LogP contribution in [0.3, 0.4) is 0 Å².